The highest BCUT2D eigenvalue weighted by Crippen LogP contribution is 2.36. The first-order valence-electron chi connectivity index (χ1n) is 8.64. The normalized spacial score (nSPS) is 12.1. The second kappa shape index (κ2) is 8.47. The number of ether oxygens (including phenoxy) is 5. The molecule has 0 amide bonds. The van der Waals surface area contributed by atoms with Gasteiger partial charge in [-0.25, -0.2) is 0 Å². The fraction of sp³-hybridized carbons (Fsp3) is 0.238. The van der Waals surface area contributed by atoms with E-state index in [-0.39, 0.29) is 36.1 Å². The average molecular weight is 384 g/mol. The van der Waals surface area contributed by atoms with Crippen LogP contribution in [0.2, 0.25) is 0 Å². The number of methoxy groups -OCH3 is 2. The molecule has 2 aromatic carbocycles. The second-order valence-corrected chi connectivity index (χ2v) is 5.84. The van der Waals surface area contributed by atoms with Crippen LogP contribution in [0.1, 0.15) is 29.3 Å². The Bertz CT molecular complexity index is 931. The summed E-state index contributed by atoms with van der Waals surface area (Å²) in [4.78, 5) is 24.7. The zero-order valence-electron chi connectivity index (χ0n) is 15.8. The predicted molar refractivity (Wildman–Crippen MR) is 101 cm³/mol. The number of rotatable bonds is 7. The molecule has 7 heteroatoms. The van der Waals surface area contributed by atoms with Crippen LogP contribution in [-0.4, -0.2) is 32.8 Å². The number of carbonyl (C=O) groups excluding carboxylic acids is 2. The fourth-order valence-electron chi connectivity index (χ4n) is 2.63. The number of fused-ring (bicyclic) bond motifs is 1. The highest BCUT2D eigenvalue weighted by Gasteiger charge is 2.21. The molecule has 2 aromatic rings. The van der Waals surface area contributed by atoms with Gasteiger partial charge in [-0.15, -0.1) is 0 Å². The third-order valence-electron chi connectivity index (χ3n) is 4.08. The summed E-state index contributed by atoms with van der Waals surface area (Å²) in [7, 11) is 2.90. The summed E-state index contributed by atoms with van der Waals surface area (Å²) < 4.78 is 26.4. The first-order valence-corrected chi connectivity index (χ1v) is 8.64. The number of carbonyl (C=O) groups is 2. The molecule has 1 aliphatic heterocycles. The summed E-state index contributed by atoms with van der Waals surface area (Å²) in [5.74, 6) is 1.18. The van der Waals surface area contributed by atoms with Crippen molar-refractivity contribution >= 4 is 17.8 Å². The third kappa shape index (κ3) is 4.09. The molecule has 0 aliphatic carbocycles. The van der Waals surface area contributed by atoms with Gasteiger partial charge in [0.25, 0.3) is 0 Å². The Labute approximate surface area is 162 Å². The monoisotopic (exact) mass is 384 g/mol. The number of esters is 1. The van der Waals surface area contributed by atoms with E-state index in [0.717, 1.165) is 5.56 Å². The molecule has 7 nitrogen and oxygen atoms in total. The SMILES string of the molecule is CCC(=O)Oc1cc(OC)cc(OC)c1C(=O)C=Cc1ccc2c(c1)OCO2. The number of allylic oxidation sites excluding steroid dienone is 1. The van der Waals surface area contributed by atoms with E-state index in [0.29, 0.717) is 17.2 Å². The van der Waals surface area contributed by atoms with Gasteiger partial charge >= 0.3 is 5.97 Å². The lowest BCUT2D eigenvalue weighted by Gasteiger charge is -2.13. The summed E-state index contributed by atoms with van der Waals surface area (Å²) in [5, 5.41) is 0. The van der Waals surface area contributed by atoms with Gasteiger partial charge in [0.2, 0.25) is 6.79 Å². The van der Waals surface area contributed by atoms with Crippen LogP contribution in [0.15, 0.2) is 36.4 Å². The van der Waals surface area contributed by atoms with Crippen LogP contribution >= 0.6 is 0 Å². The van der Waals surface area contributed by atoms with Crippen molar-refractivity contribution in [2.45, 2.75) is 13.3 Å². The highest BCUT2D eigenvalue weighted by atomic mass is 16.7. The average Bonchev–Trinajstić information content (AvgIpc) is 3.19. The Morgan fingerprint density at radius 2 is 1.79 bits per heavy atom. The Kier molecular flexibility index (Phi) is 5.84. The van der Waals surface area contributed by atoms with Gasteiger partial charge in [0, 0.05) is 18.6 Å². The molecular weight excluding hydrogens is 364 g/mol. The minimum absolute atomic E-state index is 0.0865. The van der Waals surface area contributed by atoms with Crippen molar-refractivity contribution in [3.05, 3.63) is 47.5 Å². The maximum Gasteiger partial charge on any atom is 0.310 e. The number of ketones is 1. The predicted octanol–water partition coefficient (Wildman–Crippen LogP) is 3.64. The van der Waals surface area contributed by atoms with Gasteiger partial charge in [0.15, 0.2) is 17.3 Å². The van der Waals surface area contributed by atoms with Crippen LogP contribution in [0.25, 0.3) is 6.08 Å². The molecule has 0 bridgehead atoms. The van der Waals surface area contributed by atoms with Crippen LogP contribution < -0.4 is 23.7 Å². The van der Waals surface area contributed by atoms with Gasteiger partial charge in [-0.1, -0.05) is 19.1 Å². The standard InChI is InChI=1S/C21H20O7/c1-4-20(23)28-19-11-14(24-2)10-18(25-3)21(19)15(22)7-5-13-6-8-16-17(9-13)27-12-26-16/h5-11H,4,12H2,1-3H3. The van der Waals surface area contributed by atoms with Crippen LogP contribution in [0.4, 0.5) is 0 Å². The Hall–Kier alpha value is -3.48. The molecule has 1 aliphatic rings. The molecule has 1 heterocycles. The topological polar surface area (TPSA) is 80.3 Å². The van der Waals surface area contributed by atoms with E-state index in [1.165, 1.54) is 26.4 Å². The first kappa shape index (κ1) is 19.3. The largest absolute Gasteiger partial charge is 0.496 e. The molecule has 146 valence electrons. The molecule has 0 radical (unpaired) electrons. The number of benzene rings is 2. The van der Waals surface area contributed by atoms with Crippen LogP contribution in [0, 0.1) is 0 Å². The van der Waals surface area contributed by atoms with E-state index in [1.54, 1.807) is 37.3 Å². The molecule has 0 saturated heterocycles. The van der Waals surface area contributed by atoms with E-state index >= 15 is 0 Å². The highest BCUT2D eigenvalue weighted by molar-refractivity contribution is 6.11. The lowest BCUT2D eigenvalue weighted by atomic mass is 10.1. The van der Waals surface area contributed by atoms with Gasteiger partial charge in [0.1, 0.15) is 22.8 Å². The van der Waals surface area contributed by atoms with Crippen molar-refractivity contribution in [2.75, 3.05) is 21.0 Å². The summed E-state index contributed by atoms with van der Waals surface area (Å²) in [6, 6.07) is 8.40. The quantitative estimate of drug-likeness (QED) is 0.312. The minimum atomic E-state index is -0.468. The lowest BCUT2D eigenvalue weighted by Crippen LogP contribution is -2.10. The number of hydrogen-bond acceptors (Lipinski definition) is 7. The molecule has 0 aromatic heterocycles. The summed E-state index contributed by atoms with van der Waals surface area (Å²) >= 11 is 0. The zero-order chi connectivity index (χ0) is 20.1. The van der Waals surface area contributed by atoms with Gasteiger partial charge in [0.05, 0.1) is 14.2 Å². The van der Waals surface area contributed by atoms with Crippen molar-refractivity contribution in [2.24, 2.45) is 0 Å². The summed E-state index contributed by atoms with van der Waals surface area (Å²) in [6.07, 6.45) is 3.19. The molecule has 28 heavy (non-hydrogen) atoms. The Morgan fingerprint density at radius 1 is 1.04 bits per heavy atom. The molecule has 0 unspecified atom stereocenters. The van der Waals surface area contributed by atoms with Gasteiger partial charge < -0.3 is 23.7 Å². The number of hydrogen-bond donors (Lipinski definition) is 0. The molecule has 0 saturated carbocycles. The molecular formula is C21H20O7. The van der Waals surface area contributed by atoms with Gasteiger partial charge in [-0.05, 0) is 23.8 Å². The Balaban J connectivity index is 1.93. The van der Waals surface area contributed by atoms with E-state index in [4.69, 9.17) is 23.7 Å². The fourth-order valence-corrected chi connectivity index (χ4v) is 2.63. The smallest absolute Gasteiger partial charge is 0.310 e. The molecule has 0 N–H and O–H groups in total. The van der Waals surface area contributed by atoms with Crippen molar-refractivity contribution in [3.63, 3.8) is 0 Å². The first-order chi connectivity index (χ1) is 13.5. The molecule has 0 atom stereocenters. The summed E-state index contributed by atoms with van der Waals surface area (Å²) in [5.41, 5.74) is 0.902. The lowest BCUT2D eigenvalue weighted by molar-refractivity contribution is -0.134. The van der Waals surface area contributed by atoms with Crippen molar-refractivity contribution < 1.29 is 33.3 Å². The van der Waals surface area contributed by atoms with E-state index in [1.807, 2.05) is 0 Å². The zero-order valence-corrected chi connectivity index (χ0v) is 15.8. The van der Waals surface area contributed by atoms with Gasteiger partial charge in [-0.3, -0.25) is 9.59 Å². The molecule has 0 fully saturated rings. The van der Waals surface area contributed by atoms with Crippen LogP contribution in [-0.2, 0) is 4.79 Å². The van der Waals surface area contributed by atoms with Gasteiger partial charge in [-0.2, -0.15) is 0 Å². The van der Waals surface area contributed by atoms with Crippen molar-refractivity contribution in [1.29, 1.82) is 0 Å². The van der Waals surface area contributed by atoms with E-state index in [2.05, 4.69) is 0 Å². The third-order valence-corrected chi connectivity index (χ3v) is 4.08. The second-order valence-electron chi connectivity index (χ2n) is 5.84. The molecule has 3 rings (SSSR count). The molecule has 0 spiro atoms. The van der Waals surface area contributed by atoms with E-state index < -0.39 is 5.97 Å². The maximum absolute atomic E-state index is 12.9. The van der Waals surface area contributed by atoms with Crippen LogP contribution in [0.5, 0.6) is 28.7 Å². The summed E-state index contributed by atoms with van der Waals surface area (Å²) in [6.45, 7) is 1.84. The van der Waals surface area contributed by atoms with Crippen molar-refractivity contribution in [3.8, 4) is 28.7 Å². The minimum Gasteiger partial charge on any atom is -0.496 e. The Morgan fingerprint density at radius 3 is 2.50 bits per heavy atom. The van der Waals surface area contributed by atoms with Crippen LogP contribution in [0.3, 0.4) is 0 Å². The maximum atomic E-state index is 12.9. The van der Waals surface area contributed by atoms with E-state index in [9.17, 15) is 9.59 Å². The van der Waals surface area contributed by atoms with Crippen molar-refractivity contribution in [1.82, 2.24) is 0 Å².